The van der Waals surface area contributed by atoms with E-state index in [1.54, 1.807) is 84.9 Å². The van der Waals surface area contributed by atoms with Gasteiger partial charge in [-0.1, -0.05) is 48.2 Å². The maximum Gasteiger partial charge on any atom is 0.297 e. The lowest BCUT2D eigenvalue weighted by Crippen LogP contribution is -2.22. The number of ether oxygens (including phenoxy) is 2. The summed E-state index contributed by atoms with van der Waals surface area (Å²) in [5.74, 6) is -4.59. The number of nitrogens with one attached hydrogen (secondary N) is 4. The normalized spacial score (nSPS) is 12.1. The lowest BCUT2D eigenvalue weighted by Gasteiger charge is -2.25. The number of carbonyl (C=O) groups is 4. The number of aromatic nitrogens is 3. The molecule has 3 aromatic heterocycles. The largest absolute Gasteiger partial charge is 0.494 e. The molecule has 4 aromatic carbocycles. The van der Waals surface area contributed by atoms with Crippen LogP contribution in [0.25, 0.3) is 12.2 Å². The summed E-state index contributed by atoms with van der Waals surface area (Å²) in [6.45, 7) is 11.4. The molecule has 95 heavy (non-hydrogen) atoms. The number of anilines is 8. The van der Waals surface area contributed by atoms with Crippen LogP contribution in [-0.4, -0.2) is 129 Å². The molecule has 0 saturated heterocycles. The number of methoxy groups -OCH3 is 2. The molecule has 0 radical (unpaired) electrons. The fourth-order valence-corrected chi connectivity index (χ4v) is 14.8. The first kappa shape index (κ1) is 72.5. The average molecular weight is 1410 g/mol. The first-order valence-electron chi connectivity index (χ1n) is 28.0. The van der Waals surface area contributed by atoms with Gasteiger partial charge in [-0.25, -0.2) is 0 Å². The summed E-state index contributed by atoms with van der Waals surface area (Å²) in [4.78, 5) is 67.6. The molecule has 0 saturated carbocycles. The highest BCUT2D eigenvalue weighted by atomic mass is 32.2. The van der Waals surface area contributed by atoms with Crippen LogP contribution in [0.3, 0.4) is 0 Å². The molecule has 0 aliphatic rings. The Morgan fingerprint density at radius 3 is 1.29 bits per heavy atom. The van der Waals surface area contributed by atoms with Crippen molar-refractivity contribution in [3.8, 4) is 23.6 Å². The van der Waals surface area contributed by atoms with Gasteiger partial charge in [0.15, 0.2) is 26.7 Å². The second-order valence-corrected chi connectivity index (χ2v) is 26.9. The number of nitriles is 2. The van der Waals surface area contributed by atoms with Gasteiger partial charge in [0.2, 0.25) is 11.9 Å². The third kappa shape index (κ3) is 18.5. The molecule has 0 fully saturated rings. The Labute approximate surface area is 557 Å². The summed E-state index contributed by atoms with van der Waals surface area (Å²) in [6, 6.07) is 25.5. The van der Waals surface area contributed by atoms with Gasteiger partial charge in [0.25, 0.3) is 42.2 Å². The van der Waals surface area contributed by atoms with Crippen molar-refractivity contribution in [2.24, 2.45) is 20.5 Å². The number of hydrogen-bond donors (Lipinski definition) is 7. The predicted octanol–water partition coefficient (Wildman–Crippen LogP) is 11.5. The number of hydrogen-bond acceptors (Lipinski definition) is 28. The van der Waals surface area contributed by atoms with Crippen molar-refractivity contribution in [2.75, 3.05) is 83.0 Å². The fraction of sp³-hybridized carbons (Fsp3) is 0.237. The van der Waals surface area contributed by atoms with E-state index in [2.05, 4.69) is 56.7 Å². The van der Waals surface area contributed by atoms with Crippen LogP contribution in [-0.2, 0) is 49.5 Å². The number of benzene rings is 4. The number of amides is 2. The van der Waals surface area contributed by atoms with Crippen molar-refractivity contribution in [2.45, 2.75) is 56.5 Å². The zero-order valence-corrected chi connectivity index (χ0v) is 56.5. The molecule has 3 heterocycles. The van der Waals surface area contributed by atoms with Crippen molar-refractivity contribution in [3.63, 3.8) is 0 Å². The van der Waals surface area contributed by atoms with Crippen LogP contribution in [0.1, 0.15) is 62.4 Å². The Kier molecular flexibility index (Phi) is 24.3. The van der Waals surface area contributed by atoms with Gasteiger partial charge in [0.05, 0.1) is 63.6 Å². The molecule has 0 aliphatic carbocycles. The van der Waals surface area contributed by atoms with Crippen LogP contribution in [0, 0.1) is 22.7 Å². The third-order valence-corrected chi connectivity index (χ3v) is 19.3. The molecule has 7 aromatic rings. The summed E-state index contributed by atoms with van der Waals surface area (Å²) in [7, 11) is -12.3. The molecular weight excluding hydrogens is 1350 g/mol. The van der Waals surface area contributed by atoms with E-state index in [4.69, 9.17) is 9.47 Å². The van der Waals surface area contributed by atoms with E-state index in [1.807, 2.05) is 37.5 Å². The zero-order chi connectivity index (χ0) is 69.5. The highest BCUT2D eigenvalue weighted by molar-refractivity contribution is 8.00. The molecule has 0 spiro atoms. The second-order valence-electron chi connectivity index (χ2n) is 19.5. The Bertz CT molecular complexity index is 4400. The molecule has 7 rings (SSSR count). The van der Waals surface area contributed by atoms with E-state index in [0.29, 0.717) is 71.6 Å². The van der Waals surface area contributed by atoms with Gasteiger partial charge in [0.1, 0.15) is 55.9 Å². The quantitative estimate of drug-likeness (QED) is 0.00549. The second kappa shape index (κ2) is 31.8. The van der Waals surface area contributed by atoms with Crippen LogP contribution >= 0.6 is 34.4 Å². The Morgan fingerprint density at radius 2 is 0.979 bits per heavy atom. The number of nitrogens with zero attached hydrogens (tertiary/aromatic N) is 11. The fourth-order valence-electron chi connectivity index (χ4n) is 8.88. The van der Waals surface area contributed by atoms with E-state index >= 15 is 0 Å². The van der Waals surface area contributed by atoms with E-state index in [-0.39, 0.29) is 57.1 Å². The number of thiophene rings is 2. The van der Waals surface area contributed by atoms with Gasteiger partial charge >= 0.3 is 0 Å². The van der Waals surface area contributed by atoms with Gasteiger partial charge in [-0.05, 0) is 90.1 Å². The van der Waals surface area contributed by atoms with Gasteiger partial charge in [-0.2, -0.15) is 50.7 Å². The molecule has 496 valence electrons. The molecule has 0 aliphatic heterocycles. The van der Waals surface area contributed by atoms with Crippen LogP contribution in [0.5, 0.6) is 11.5 Å². The van der Waals surface area contributed by atoms with E-state index in [1.165, 1.54) is 26.4 Å². The minimum atomic E-state index is -5.28. The first-order valence-corrected chi connectivity index (χ1v) is 35.1. The Hall–Kier alpha value is -9.89. The number of azo groups is 2. The van der Waals surface area contributed by atoms with Gasteiger partial charge in [-0.15, -0.1) is 43.1 Å². The minimum absolute atomic E-state index is 0.0573. The van der Waals surface area contributed by atoms with Crippen molar-refractivity contribution >= 4 is 168 Å². The van der Waals surface area contributed by atoms with Crippen molar-refractivity contribution in [1.82, 2.24) is 15.0 Å². The average Bonchev–Trinajstić information content (AvgIpc) is 1.69. The Balaban J connectivity index is 1.40. The van der Waals surface area contributed by atoms with Crippen molar-refractivity contribution in [3.05, 3.63) is 117 Å². The number of ketones is 2. The number of carbonyl (C=O) groups excluding carboxylic acids is 4. The summed E-state index contributed by atoms with van der Waals surface area (Å²) in [6.07, 6.45) is 1.80. The maximum atomic E-state index is 13.5. The summed E-state index contributed by atoms with van der Waals surface area (Å²) in [5, 5.41) is 48.5. The monoisotopic (exact) mass is 1410 g/mol. The summed E-state index contributed by atoms with van der Waals surface area (Å²) >= 11 is 1.78. The first-order chi connectivity index (χ1) is 45.1. The zero-order valence-electron chi connectivity index (χ0n) is 51.6. The smallest absolute Gasteiger partial charge is 0.297 e. The van der Waals surface area contributed by atoms with Crippen molar-refractivity contribution in [1.29, 1.82) is 10.5 Å². The number of Topliss-reactive ketones (excluding diaryl/α,β-unsaturated/α-hetero) is 2. The van der Waals surface area contributed by atoms with Crippen LogP contribution in [0.2, 0.25) is 0 Å². The van der Waals surface area contributed by atoms with E-state index < -0.39 is 111 Å². The highest BCUT2D eigenvalue weighted by Gasteiger charge is 2.31. The van der Waals surface area contributed by atoms with E-state index in [9.17, 15) is 68.6 Å². The van der Waals surface area contributed by atoms with E-state index in [0.717, 1.165) is 37.8 Å². The molecule has 0 atom stereocenters. The number of thioether (sulfide) groups is 1. The lowest BCUT2D eigenvalue weighted by atomic mass is 10.1. The predicted molar refractivity (Wildman–Crippen MR) is 360 cm³/mol. The van der Waals surface area contributed by atoms with Crippen LogP contribution in [0.15, 0.2) is 131 Å². The summed E-state index contributed by atoms with van der Waals surface area (Å²) < 4.78 is 119. The molecule has 7 N–H and O–H groups in total. The molecule has 30 nitrogen and oxygen atoms in total. The lowest BCUT2D eigenvalue weighted by molar-refractivity contribution is -0.120. The highest BCUT2D eigenvalue weighted by Crippen LogP contribution is 2.46. The van der Waals surface area contributed by atoms with Crippen molar-refractivity contribution < 1.29 is 67.6 Å². The SMILES string of the molecule is CCN(CC)c1cc(Nc2nc(Nc3cc(N(CC)CC)c(OC)cc3/N=N/c3sc(/C=C(\C(C)=O)C(=O)Nc4ccccc4)c(S(=O)(=O)O)c3C#N)nc(SCCS(=O)(=O)O)n2)c(/N=N/c2sc(/C=C(/C(C)=O)C(=O)Nc3ccccc3)c(S(=O)(=O)O)c2C#N)cc1OC. The molecule has 0 bridgehead atoms. The molecule has 36 heteroatoms. The maximum absolute atomic E-state index is 13.5. The standard InChI is InChI=1S/C59H59N15O15S6/c1-9-73(10-2)45-27-41(43(29-47(45)88-7)69-71-55-39(31-60)51(94(82,83)84)49(91-55)25-37(33(5)75)53(77)62-35-19-15-13-16-20-35)64-57-66-58(68-59(67-57)90-23-24-93(79,80)81)65-42-28-46(74(11-3)12-4)48(89-8)30-44(42)70-72-56-40(32-61)52(95(85,86)87)50(92-56)26-38(34(6)76)54(78)63-36-21-17-14-18-22-36/h13-22,25-30H,9-12,23-24H2,1-8H3,(H,62,77)(H,63,78)(H,79,80,81)(H,82,83,84)(H,85,86,87)(H2,64,65,66,67,68)/b37-25-,38-26+,71-69+,72-70+. The van der Waals surface area contributed by atoms with Gasteiger partial charge < -0.3 is 40.5 Å². The molecular formula is C59H59N15O15S6. The molecule has 2 amide bonds. The molecule has 0 unspecified atom stereocenters. The summed E-state index contributed by atoms with van der Waals surface area (Å²) in [5.41, 5.74) is -0.979. The van der Waals surface area contributed by atoms with Gasteiger partial charge in [0, 0.05) is 55.4 Å². The minimum Gasteiger partial charge on any atom is -0.494 e. The van der Waals surface area contributed by atoms with Gasteiger partial charge in [-0.3, -0.25) is 32.8 Å². The third-order valence-electron chi connectivity index (χ3n) is 13.3. The van der Waals surface area contributed by atoms with Crippen LogP contribution < -0.4 is 40.5 Å². The number of para-hydroxylation sites is 2. The Morgan fingerprint density at radius 1 is 0.600 bits per heavy atom. The number of rotatable bonds is 30. The van der Waals surface area contributed by atoms with Crippen LogP contribution in [0.4, 0.5) is 67.4 Å². The topological polar surface area (TPSA) is 440 Å².